The van der Waals surface area contributed by atoms with Crippen LogP contribution in [0.5, 0.6) is 0 Å². The molecule has 0 bridgehead atoms. The molecule has 1 aliphatic heterocycles. The zero-order valence-corrected chi connectivity index (χ0v) is 25.7. The maximum Gasteiger partial charge on any atom is 0.331 e. The second-order valence-electron chi connectivity index (χ2n) is 11.6. The van der Waals surface area contributed by atoms with Crippen molar-refractivity contribution in [3.05, 3.63) is 71.9 Å². The highest BCUT2D eigenvalue weighted by Gasteiger charge is 2.36. The van der Waals surface area contributed by atoms with Gasteiger partial charge in [-0.15, -0.1) is 0 Å². The number of sulfonamides is 1. The SMILES string of the molecule is CC(=O)N[C@H](C)[C@@H](O)[C@@H](C)[C@@H]1OC(=O)\C=C/C=C(C)\C=C/[C@]2(C)C[C@H](NS(C)(=O)=O)C=C[C@@H]2/C=C(C)\C=C/[C@H]1C. The summed E-state index contributed by atoms with van der Waals surface area (Å²) in [5.41, 5.74) is 1.55. The number of aliphatic hydroxyl groups is 1. The van der Waals surface area contributed by atoms with E-state index in [1.807, 2.05) is 64.2 Å². The highest BCUT2D eigenvalue weighted by Crippen LogP contribution is 2.41. The third-order valence-corrected chi connectivity index (χ3v) is 8.26. The molecule has 8 nitrogen and oxygen atoms in total. The van der Waals surface area contributed by atoms with Crippen molar-refractivity contribution >= 4 is 21.9 Å². The van der Waals surface area contributed by atoms with Gasteiger partial charge in [0.05, 0.1) is 18.4 Å². The summed E-state index contributed by atoms with van der Waals surface area (Å²) in [5.74, 6) is -1.46. The number of rotatable bonds is 6. The summed E-state index contributed by atoms with van der Waals surface area (Å²) < 4.78 is 32.3. The number of fused-ring (bicyclic) bond motifs is 1. The summed E-state index contributed by atoms with van der Waals surface area (Å²) in [4.78, 5) is 24.3. The minimum absolute atomic E-state index is 0.0189. The van der Waals surface area contributed by atoms with E-state index in [9.17, 15) is 23.1 Å². The summed E-state index contributed by atoms with van der Waals surface area (Å²) in [6.07, 6.45) is 19.1. The van der Waals surface area contributed by atoms with Crippen LogP contribution in [0.2, 0.25) is 0 Å². The third-order valence-electron chi connectivity index (χ3n) is 7.53. The van der Waals surface area contributed by atoms with Crippen LogP contribution < -0.4 is 10.0 Å². The number of carbonyl (C=O) groups is 2. The lowest BCUT2D eigenvalue weighted by atomic mass is 9.68. The van der Waals surface area contributed by atoms with Gasteiger partial charge >= 0.3 is 5.97 Å². The van der Waals surface area contributed by atoms with Crippen LogP contribution >= 0.6 is 0 Å². The number of esters is 1. The average molecular weight is 575 g/mol. The van der Waals surface area contributed by atoms with Gasteiger partial charge in [-0.1, -0.05) is 86.6 Å². The Labute approximate surface area is 240 Å². The Morgan fingerprint density at radius 3 is 2.42 bits per heavy atom. The van der Waals surface area contributed by atoms with Gasteiger partial charge in [0.2, 0.25) is 15.9 Å². The summed E-state index contributed by atoms with van der Waals surface area (Å²) in [6, 6.07) is -0.836. The summed E-state index contributed by atoms with van der Waals surface area (Å²) in [7, 11) is -3.36. The van der Waals surface area contributed by atoms with Crippen molar-refractivity contribution in [3.8, 4) is 0 Å². The number of nitrogens with one attached hydrogen (secondary N) is 2. The molecular weight excluding hydrogens is 528 g/mol. The fraction of sp³-hybridized carbons (Fsp3) is 0.548. The van der Waals surface area contributed by atoms with Gasteiger partial charge in [0, 0.05) is 36.8 Å². The Kier molecular flexibility index (Phi) is 11.9. The Morgan fingerprint density at radius 2 is 1.80 bits per heavy atom. The number of hydrogen-bond donors (Lipinski definition) is 3. The lowest BCUT2D eigenvalue weighted by Crippen LogP contribution is -2.48. The third kappa shape index (κ3) is 10.3. The zero-order chi connectivity index (χ0) is 30.3. The average Bonchev–Trinajstić information content (AvgIpc) is 2.83. The first kappa shape index (κ1) is 33.5. The van der Waals surface area contributed by atoms with Crippen molar-refractivity contribution in [1.82, 2.24) is 10.0 Å². The van der Waals surface area contributed by atoms with E-state index in [2.05, 4.69) is 29.1 Å². The molecule has 1 heterocycles. The quantitative estimate of drug-likeness (QED) is 0.324. The molecule has 9 heteroatoms. The van der Waals surface area contributed by atoms with E-state index in [4.69, 9.17) is 4.74 Å². The topological polar surface area (TPSA) is 122 Å². The summed E-state index contributed by atoms with van der Waals surface area (Å²) >= 11 is 0. The largest absolute Gasteiger partial charge is 0.458 e. The lowest BCUT2D eigenvalue weighted by molar-refractivity contribution is -0.151. The maximum absolute atomic E-state index is 12.8. The smallest absolute Gasteiger partial charge is 0.331 e. The molecule has 0 radical (unpaired) electrons. The molecule has 1 aliphatic carbocycles. The molecule has 0 aromatic rings. The van der Waals surface area contributed by atoms with Gasteiger partial charge < -0.3 is 15.2 Å². The van der Waals surface area contributed by atoms with E-state index in [-0.39, 0.29) is 29.2 Å². The number of ether oxygens (including phenoxy) is 1. The Morgan fingerprint density at radius 1 is 1.12 bits per heavy atom. The molecule has 0 unspecified atom stereocenters. The van der Waals surface area contributed by atoms with Gasteiger partial charge in [-0.25, -0.2) is 17.9 Å². The first-order valence-electron chi connectivity index (χ1n) is 13.7. The van der Waals surface area contributed by atoms with E-state index >= 15 is 0 Å². The molecule has 0 aromatic carbocycles. The van der Waals surface area contributed by atoms with E-state index < -0.39 is 40.2 Å². The van der Waals surface area contributed by atoms with Crippen LogP contribution in [0, 0.1) is 23.2 Å². The normalized spacial score (nSPS) is 35.4. The predicted octanol–water partition coefficient (Wildman–Crippen LogP) is 4.13. The molecule has 222 valence electrons. The number of carbonyl (C=O) groups excluding carboxylic acids is 2. The second kappa shape index (κ2) is 14.2. The van der Waals surface area contributed by atoms with Crippen LogP contribution in [-0.4, -0.2) is 55.9 Å². The second-order valence-corrected chi connectivity index (χ2v) is 13.4. The summed E-state index contributed by atoms with van der Waals surface area (Å²) in [5, 5.41) is 13.7. The van der Waals surface area contributed by atoms with Gasteiger partial charge in [0.15, 0.2) is 0 Å². The molecule has 0 aromatic heterocycles. The molecule has 0 fully saturated rings. The van der Waals surface area contributed by atoms with Crippen LogP contribution in [0.15, 0.2) is 71.9 Å². The number of amides is 1. The fourth-order valence-corrected chi connectivity index (χ4v) is 5.97. The minimum atomic E-state index is -3.36. The van der Waals surface area contributed by atoms with E-state index in [1.54, 1.807) is 13.0 Å². The molecule has 2 aliphatic rings. The highest BCUT2D eigenvalue weighted by atomic mass is 32.2. The summed E-state index contributed by atoms with van der Waals surface area (Å²) in [6.45, 7) is 12.9. The zero-order valence-electron chi connectivity index (χ0n) is 24.9. The van der Waals surface area contributed by atoms with Crippen LogP contribution in [0.1, 0.15) is 54.9 Å². The molecule has 0 spiro atoms. The van der Waals surface area contributed by atoms with Crippen LogP contribution in [0.3, 0.4) is 0 Å². The van der Waals surface area contributed by atoms with Crippen molar-refractivity contribution in [2.24, 2.45) is 23.2 Å². The molecule has 3 N–H and O–H groups in total. The van der Waals surface area contributed by atoms with Crippen molar-refractivity contribution in [3.63, 3.8) is 0 Å². The van der Waals surface area contributed by atoms with Crippen molar-refractivity contribution in [1.29, 1.82) is 0 Å². The maximum atomic E-state index is 12.8. The minimum Gasteiger partial charge on any atom is -0.458 e. The lowest BCUT2D eigenvalue weighted by Gasteiger charge is -2.38. The van der Waals surface area contributed by atoms with Gasteiger partial charge in [0.25, 0.3) is 0 Å². The first-order valence-corrected chi connectivity index (χ1v) is 15.6. The molecule has 0 saturated heterocycles. The van der Waals surface area contributed by atoms with Gasteiger partial charge in [-0.3, -0.25) is 4.79 Å². The molecule has 0 saturated carbocycles. The molecule has 1 amide bonds. The van der Waals surface area contributed by atoms with E-state index in [0.29, 0.717) is 6.42 Å². The molecule has 2 rings (SSSR count). The van der Waals surface area contributed by atoms with E-state index in [1.165, 1.54) is 13.0 Å². The number of aliphatic hydroxyl groups excluding tert-OH is 1. The number of allylic oxidation sites excluding steroid dienone is 9. The highest BCUT2D eigenvalue weighted by molar-refractivity contribution is 7.88. The number of hydrogen-bond acceptors (Lipinski definition) is 6. The first-order chi connectivity index (χ1) is 18.5. The molecule has 40 heavy (non-hydrogen) atoms. The van der Waals surface area contributed by atoms with Crippen LogP contribution in [-0.2, 0) is 24.3 Å². The van der Waals surface area contributed by atoms with Crippen molar-refractivity contribution in [2.45, 2.75) is 79.2 Å². The van der Waals surface area contributed by atoms with Crippen LogP contribution in [0.4, 0.5) is 0 Å². The standard InChI is InChI=1S/C31H46N2O6S/c1-20-10-9-11-28(35)39-30(23(4)29(36)24(5)32-25(6)34)22(3)13-12-21(2)18-26-14-15-27(33-40(8,37)38)19-31(26,7)17-16-20/h9-18,22-24,26-27,29-30,33,36H,19H2,1-8H3,(H,32,34)/b11-9-,13-12-,17-16-,20-10-,21-18-/t22-,23-,24-,26-,27-,29+,30-,31-/m1/s1. The van der Waals surface area contributed by atoms with E-state index in [0.717, 1.165) is 17.4 Å². The van der Waals surface area contributed by atoms with Gasteiger partial charge in [-0.2, -0.15) is 0 Å². The monoisotopic (exact) mass is 574 g/mol. The fourth-order valence-electron chi connectivity index (χ4n) is 5.26. The predicted molar refractivity (Wildman–Crippen MR) is 160 cm³/mol. The molecule has 8 atom stereocenters. The van der Waals surface area contributed by atoms with Gasteiger partial charge in [-0.05, 0) is 32.6 Å². The Bertz CT molecular complexity index is 1210. The van der Waals surface area contributed by atoms with Gasteiger partial charge in [0.1, 0.15) is 6.10 Å². The molecular formula is C31H46N2O6S. The Hall–Kier alpha value is -2.75. The van der Waals surface area contributed by atoms with Crippen molar-refractivity contribution < 1.29 is 27.9 Å². The Balaban J connectivity index is 2.49. The van der Waals surface area contributed by atoms with Crippen LogP contribution in [0.25, 0.3) is 0 Å². The number of cyclic esters (lactones) is 1. The van der Waals surface area contributed by atoms with Crippen molar-refractivity contribution in [2.75, 3.05) is 6.26 Å².